The van der Waals surface area contributed by atoms with Crippen LogP contribution in [0.1, 0.15) is 41.3 Å². The van der Waals surface area contributed by atoms with Crippen LogP contribution in [0, 0.1) is 0 Å². The number of aliphatic imine (C=N–C) groups is 1. The smallest absolute Gasteiger partial charge is 0.253 e. The fraction of sp³-hybridized carbons (Fsp3) is 0.200. The standard InChI is InChI=1S/C25H23ClN2OS/c1-3-4-15-28(2)25(29)18-11-14-23-21(16-18)27-24(17-9-12-19(26)13-10-17)20-7-5-6-8-22(20)30-23/h5-14,16H,3-4,15H2,1-2H3. The topological polar surface area (TPSA) is 32.7 Å². The second kappa shape index (κ2) is 9.07. The summed E-state index contributed by atoms with van der Waals surface area (Å²) in [6, 6.07) is 21.8. The van der Waals surface area contributed by atoms with Crippen molar-refractivity contribution in [2.24, 2.45) is 4.99 Å². The number of hydrogen-bond donors (Lipinski definition) is 0. The molecule has 0 saturated carbocycles. The lowest BCUT2D eigenvalue weighted by Crippen LogP contribution is -2.27. The Morgan fingerprint density at radius 1 is 1.03 bits per heavy atom. The van der Waals surface area contributed by atoms with Gasteiger partial charge in [-0.3, -0.25) is 4.79 Å². The number of halogens is 1. The van der Waals surface area contributed by atoms with E-state index < -0.39 is 0 Å². The van der Waals surface area contributed by atoms with Crippen LogP contribution in [0.3, 0.4) is 0 Å². The molecular formula is C25H23ClN2OS. The molecule has 0 fully saturated rings. The van der Waals surface area contributed by atoms with Crippen molar-refractivity contribution in [3.63, 3.8) is 0 Å². The number of fused-ring (bicyclic) bond motifs is 2. The van der Waals surface area contributed by atoms with Crippen molar-refractivity contribution in [2.45, 2.75) is 29.6 Å². The molecule has 152 valence electrons. The lowest BCUT2D eigenvalue weighted by atomic mass is 10.0. The van der Waals surface area contributed by atoms with Gasteiger partial charge in [-0.1, -0.05) is 67.0 Å². The molecule has 0 bridgehead atoms. The van der Waals surface area contributed by atoms with E-state index in [-0.39, 0.29) is 5.91 Å². The van der Waals surface area contributed by atoms with Crippen LogP contribution in [0.15, 0.2) is 81.5 Å². The zero-order valence-corrected chi connectivity index (χ0v) is 18.6. The second-order valence-corrected chi connectivity index (χ2v) is 8.85. The molecule has 0 atom stereocenters. The van der Waals surface area contributed by atoms with Gasteiger partial charge in [-0.25, -0.2) is 4.99 Å². The monoisotopic (exact) mass is 434 g/mol. The predicted molar refractivity (Wildman–Crippen MR) is 126 cm³/mol. The van der Waals surface area contributed by atoms with Gasteiger partial charge in [-0.15, -0.1) is 0 Å². The Morgan fingerprint density at radius 2 is 1.80 bits per heavy atom. The van der Waals surface area contributed by atoms with Crippen molar-refractivity contribution in [2.75, 3.05) is 13.6 Å². The maximum Gasteiger partial charge on any atom is 0.253 e. The molecule has 0 N–H and O–H groups in total. The van der Waals surface area contributed by atoms with Gasteiger partial charge in [0.25, 0.3) is 5.91 Å². The normalized spacial score (nSPS) is 12.4. The first kappa shape index (κ1) is 20.7. The molecule has 0 radical (unpaired) electrons. The maximum atomic E-state index is 12.9. The largest absolute Gasteiger partial charge is 0.342 e. The quantitative estimate of drug-likeness (QED) is 0.344. The van der Waals surface area contributed by atoms with Crippen molar-refractivity contribution in [1.29, 1.82) is 0 Å². The minimum Gasteiger partial charge on any atom is -0.342 e. The van der Waals surface area contributed by atoms with Crippen LogP contribution in [0.4, 0.5) is 5.69 Å². The highest BCUT2D eigenvalue weighted by molar-refractivity contribution is 7.99. The van der Waals surface area contributed by atoms with Gasteiger partial charge in [0.15, 0.2) is 0 Å². The molecule has 1 aliphatic rings. The highest BCUT2D eigenvalue weighted by Crippen LogP contribution is 2.41. The minimum atomic E-state index is 0.0289. The van der Waals surface area contributed by atoms with Gasteiger partial charge in [-0.05, 0) is 42.8 Å². The Morgan fingerprint density at radius 3 is 2.57 bits per heavy atom. The van der Waals surface area contributed by atoms with Gasteiger partial charge in [0.2, 0.25) is 0 Å². The molecular weight excluding hydrogens is 412 g/mol. The van der Waals surface area contributed by atoms with Crippen LogP contribution >= 0.6 is 23.4 Å². The number of hydrogen-bond acceptors (Lipinski definition) is 3. The zero-order chi connectivity index (χ0) is 21.1. The van der Waals surface area contributed by atoms with E-state index in [4.69, 9.17) is 16.6 Å². The number of rotatable bonds is 5. The van der Waals surface area contributed by atoms with Gasteiger partial charge in [0.1, 0.15) is 0 Å². The van der Waals surface area contributed by atoms with E-state index in [1.165, 1.54) is 0 Å². The summed E-state index contributed by atoms with van der Waals surface area (Å²) in [5.74, 6) is 0.0289. The zero-order valence-electron chi connectivity index (χ0n) is 17.1. The van der Waals surface area contributed by atoms with Crippen LogP contribution in [0.25, 0.3) is 0 Å². The third-order valence-electron chi connectivity index (χ3n) is 5.11. The number of amides is 1. The summed E-state index contributed by atoms with van der Waals surface area (Å²) < 4.78 is 0. The Labute approximate surface area is 186 Å². The molecule has 1 aliphatic heterocycles. The molecule has 0 saturated heterocycles. The molecule has 0 spiro atoms. The summed E-state index contributed by atoms with van der Waals surface area (Å²) in [5, 5.41) is 0.694. The van der Waals surface area contributed by atoms with Crippen molar-refractivity contribution in [3.8, 4) is 0 Å². The molecule has 0 aliphatic carbocycles. The molecule has 1 heterocycles. The number of carbonyl (C=O) groups excluding carboxylic acids is 1. The molecule has 3 nitrogen and oxygen atoms in total. The fourth-order valence-corrected chi connectivity index (χ4v) is 4.55. The lowest BCUT2D eigenvalue weighted by Gasteiger charge is -2.17. The molecule has 0 unspecified atom stereocenters. The molecule has 3 aromatic carbocycles. The van der Waals surface area contributed by atoms with Crippen molar-refractivity contribution in [3.05, 3.63) is 88.4 Å². The van der Waals surface area contributed by atoms with E-state index in [1.54, 1.807) is 16.7 Å². The third kappa shape index (κ3) is 4.30. The van der Waals surface area contributed by atoms with Gasteiger partial charge in [0, 0.05) is 45.1 Å². The fourth-order valence-electron chi connectivity index (χ4n) is 3.42. The Balaban J connectivity index is 1.79. The Kier molecular flexibility index (Phi) is 6.26. The third-order valence-corrected chi connectivity index (χ3v) is 6.50. The Hall–Kier alpha value is -2.56. The summed E-state index contributed by atoms with van der Waals surface area (Å²) in [6.45, 7) is 2.88. The van der Waals surface area contributed by atoms with E-state index in [0.29, 0.717) is 10.6 Å². The number of benzene rings is 3. The average Bonchev–Trinajstić information content (AvgIpc) is 2.93. The summed E-state index contributed by atoms with van der Waals surface area (Å²) in [7, 11) is 1.86. The van der Waals surface area contributed by atoms with E-state index >= 15 is 0 Å². The van der Waals surface area contributed by atoms with Crippen LogP contribution in [-0.2, 0) is 0 Å². The summed E-state index contributed by atoms with van der Waals surface area (Å²) in [6.07, 6.45) is 2.06. The predicted octanol–water partition coefficient (Wildman–Crippen LogP) is 6.85. The summed E-state index contributed by atoms with van der Waals surface area (Å²) in [4.78, 5) is 21.9. The first-order valence-corrected chi connectivity index (χ1v) is 11.3. The molecule has 0 aromatic heterocycles. The van der Waals surface area contributed by atoms with Crippen LogP contribution in [-0.4, -0.2) is 30.1 Å². The molecule has 30 heavy (non-hydrogen) atoms. The highest BCUT2D eigenvalue weighted by Gasteiger charge is 2.20. The van der Waals surface area contributed by atoms with Gasteiger partial charge >= 0.3 is 0 Å². The maximum absolute atomic E-state index is 12.9. The van der Waals surface area contributed by atoms with Gasteiger partial charge < -0.3 is 4.90 Å². The van der Waals surface area contributed by atoms with Gasteiger partial charge in [0.05, 0.1) is 11.4 Å². The van der Waals surface area contributed by atoms with E-state index in [9.17, 15) is 4.79 Å². The van der Waals surface area contributed by atoms with E-state index in [0.717, 1.165) is 51.7 Å². The lowest BCUT2D eigenvalue weighted by molar-refractivity contribution is 0.0793. The second-order valence-electron chi connectivity index (χ2n) is 7.33. The van der Waals surface area contributed by atoms with Crippen LogP contribution in [0.2, 0.25) is 5.02 Å². The summed E-state index contributed by atoms with van der Waals surface area (Å²) >= 11 is 7.78. The number of nitrogens with zero attached hydrogens (tertiary/aromatic N) is 2. The van der Waals surface area contributed by atoms with Crippen molar-refractivity contribution in [1.82, 2.24) is 4.90 Å². The van der Waals surface area contributed by atoms with Crippen molar-refractivity contribution < 1.29 is 4.79 Å². The molecule has 5 heteroatoms. The van der Waals surface area contributed by atoms with Crippen molar-refractivity contribution >= 4 is 40.7 Å². The van der Waals surface area contributed by atoms with Gasteiger partial charge in [-0.2, -0.15) is 0 Å². The van der Waals surface area contributed by atoms with Crippen LogP contribution < -0.4 is 0 Å². The van der Waals surface area contributed by atoms with E-state index in [1.807, 2.05) is 61.6 Å². The Bertz CT molecular complexity index is 1110. The first-order chi connectivity index (χ1) is 14.6. The molecule has 3 aromatic rings. The first-order valence-electron chi connectivity index (χ1n) is 10.1. The highest BCUT2D eigenvalue weighted by atomic mass is 35.5. The number of carbonyl (C=O) groups is 1. The van der Waals surface area contributed by atoms with E-state index in [2.05, 4.69) is 19.1 Å². The molecule has 1 amide bonds. The SMILES string of the molecule is CCCCN(C)C(=O)c1ccc2c(c1)N=C(c1ccc(Cl)cc1)c1ccccc1S2. The summed E-state index contributed by atoms with van der Waals surface area (Å²) in [5.41, 5.74) is 4.44. The molecule has 4 rings (SSSR count). The minimum absolute atomic E-state index is 0.0289. The van der Waals surface area contributed by atoms with Crippen LogP contribution in [0.5, 0.6) is 0 Å². The number of unbranched alkanes of at least 4 members (excludes halogenated alkanes) is 1. The average molecular weight is 435 g/mol.